The molecular weight excluding hydrogens is 521 g/mol. The smallest absolute Gasteiger partial charge is 0.252 e. The minimum absolute atomic E-state index is 0.126. The molecule has 1 aliphatic carbocycles. The molecule has 9 rings (SSSR count). The zero-order valence-electron chi connectivity index (χ0n) is 24.3. The molecule has 5 aromatic rings. The van der Waals surface area contributed by atoms with E-state index in [1.165, 1.54) is 72.4 Å². The van der Waals surface area contributed by atoms with Crippen molar-refractivity contribution in [1.82, 2.24) is 5.32 Å². The van der Waals surface area contributed by atoms with Gasteiger partial charge in [0, 0.05) is 47.2 Å². The third-order valence-corrected chi connectivity index (χ3v) is 9.73. The molecule has 1 unspecified atom stereocenters. The maximum absolute atomic E-state index is 3.78. The lowest BCUT2D eigenvalue weighted by atomic mass is 9.32. The molecule has 0 amide bonds. The first kappa shape index (κ1) is 24.8. The molecule has 4 aliphatic rings. The topological polar surface area (TPSA) is 18.5 Å². The number of nitrogens with one attached hydrogen (secondary N) is 1. The van der Waals surface area contributed by atoms with Crippen LogP contribution in [0.15, 0.2) is 138 Å². The summed E-state index contributed by atoms with van der Waals surface area (Å²) in [5, 5.41) is 6.40. The van der Waals surface area contributed by atoms with Crippen molar-refractivity contribution in [3.05, 3.63) is 149 Å². The summed E-state index contributed by atoms with van der Waals surface area (Å²) in [6, 6.07) is 40.5. The molecule has 0 fully saturated rings. The predicted octanol–water partition coefficient (Wildman–Crippen LogP) is 7.55. The van der Waals surface area contributed by atoms with E-state index in [0.717, 1.165) is 19.5 Å². The van der Waals surface area contributed by atoms with Crippen LogP contribution in [0.2, 0.25) is 0 Å². The highest BCUT2D eigenvalue weighted by molar-refractivity contribution is 6.96. The van der Waals surface area contributed by atoms with Gasteiger partial charge in [-0.25, -0.2) is 0 Å². The number of anilines is 4. The molecule has 0 aromatic heterocycles. The first-order valence-corrected chi connectivity index (χ1v) is 15.5. The molecule has 3 heterocycles. The number of para-hydroxylation sites is 2. The maximum atomic E-state index is 3.78. The Hall–Kier alpha value is -4.80. The van der Waals surface area contributed by atoms with Crippen molar-refractivity contribution in [2.75, 3.05) is 22.9 Å². The van der Waals surface area contributed by atoms with Gasteiger partial charge in [0.1, 0.15) is 0 Å². The molecule has 3 aliphatic heterocycles. The number of rotatable bonds is 2. The average molecular weight is 554 g/mol. The fourth-order valence-corrected chi connectivity index (χ4v) is 7.84. The molecule has 0 spiro atoms. The Morgan fingerprint density at radius 3 is 2.33 bits per heavy atom. The Kier molecular flexibility index (Phi) is 5.54. The van der Waals surface area contributed by atoms with Gasteiger partial charge in [0.25, 0.3) is 6.71 Å². The van der Waals surface area contributed by atoms with E-state index in [2.05, 4.69) is 149 Å². The summed E-state index contributed by atoms with van der Waals surface area (Å²) in [6.45, 7) is 4.11. The van der Waals surface area contributed by atoms with Crippen LogP contribution in [0.4, 0.5) is 22.7 Å². The first-order chi connectivity index (χ1) is 21.3. The molecule has 4 heteroatoms. The number of benzene rings is 5. The summed E-state index contributed by atoms with van der Waals surface area (Å²) in [6.07, 6.45) is 8.18. The third-order valence-electron chi connectivity index (χ3n) is 9.73. The maximum Gasteiger partial charge on any atom is 0.252 e. The van der Waals surface area contributed by atoms with Crippen LogP contribution in [0.1, 0.15) is 30.4 Å². The lowest BCUT2D eigenvalue weighted by Crippen LogP contribution is -2.57. The first-order valence-electron chi connectivity index (χ1n) is 15.5. The van der Waals surface area contributed by atoms with Gasteiger partial charge in [-0.1, -0.05) is 91.9 Å². The van der Waals surface area contributed by atoms with Gasteiger partial charge in [-0.2, -0.15) is 0 Å². The predicted molar refractivity (Wildman–Crippen MR) is 183 cm³/mol. The minimum atomic E-state index is 0.126. The van der Waals surface area contributed by atoms with Gasteiger partial charge < -0.3 is 15.1 Å². The summed E-state index contributed by atoms with van der Waals surface area (Å²) in [5.74, 6) is 0.494. The Balaban J connectivity index is 1.44. The van der Waals surface area contributed by atoms with Crippen molar-refractivity contribution in [2.24, 2.45) is 0 Å². The van der Waals surface area contributed by atoms with E-state index < -0.39 is 0 Å². The highest BCUT2D eigenvalue weighted by atomic mass is 15.2. The van der Waals surface area contributed by atoms with E-state index >= 15 is 0 Å². The van der Waals surface area contributed by atoms with E-state index in [9.17, 15) is 0 Å². The summed E-state index contributed by atoms with van der Waals surface area (Å²) in [5.41, 5.74) is 14.6. The third kappa shape index (κ3) is 3.66. The number of hydrogen-bond acceptors (Lipinski definition) is 3. The minimum Gasteiger partial charge on any atom is -0.314 e. The molecule has 206 valence electrons. The Bertz CT molecular complexity index is 2010. The highest BCUT2D eigenvalue weighted by Gasteiger charge is 2.46. The zero-order valence-corrected chi connectivity index (χ0v) is 24.3. The Morgan fingerprint density at radius 1 is 0.767 bits per heavy atom. The van der Waals surface area contributed by atoms with E-state index in [1.54, 1.807) is 0 Å². The monoisotopic (exact) mass is 553 g/mol. The van der Waals surface area contributed by atoms with Crippen molar-refractivity contribution in [2.45, 2.75) is 19.3 Å². The van der Waals surface area contributed by atoms with Gasteiger partial charge in [-0.05, 0) is 93.1 Å². The standard InChI is InChI=1S/C39H32BN3/c1-26-11-10-13-28-23-36-33(24-32(26)28)40-38-31-18-9-8-12-27(31)19-20-34(38)42(29-14-4-2-5-15-29)35-21-22-41-25-37(39(35)40)43(36)30-16-6-3-7-17-30/h2-10,12-21,23-24,26,41H,11,22,25H2,1H3. The fraction of sp³-hybridized carbons (Fsp3) is 0.128. The summed E-state index contributed by atoms with van der Waals surface area (Å²) >= 11 is 0. The summed E-state index contributed by atoms with van der Waals surface area (Å²) < 4.78 is 0. The van der Waals surface area contributed by atoms with E-state index in [0.29, 0.717) is 5.92 Å². The second kappa shape index (κ2) is 9.62. The van der Waals surface area contributed by atoms with E-state index in [1.807, 2.05) is 0 Å². The summed E-state index contributed by atoms with van der Waals surface area (Å²) in [7, 11) is 0. The van der Waals surface area contributed by atoms with E-state index in [4.69, 9.17) is 0 Å². The second-order valence-corrected chi connectivity index (χ2v) is 12.2. The zero-order chi connectivity index (χ0) is 28.5. The van der Waals surface area contributed by atoms with Crippen LogP contribution in [0, 0.1) is 0 Å². The SMILES string of the molecule is CC1CC=Cc2cc3c(cc21)B1C2=C(CNCC=C2N(c2ccccc2)c2ccc4ccccc4c21)N3c1ccccc1. The Morgan fingerprint density at radius 2 is 1.51 bits per heavy atom. The number of allylic oxidation sites excluding steroid dienone is 2. The number of nitrogens with zero attached hydrogens (tertiary/aromatic N) is 2. The van der Waals surface area contributed by atoms with Crippen molar-refractivity contribution in [1.29, 1.82) is 0 Å². The molecule has 1 N–H and O–H groups in total. The van der Waals surface area contributed by atoms with Crippen LogP contribution in [-0.4, -0.2) is 19.8 Å². The quantitative estimate of drug-likeness (QED) is 0.228. The molecule has 0 saturated heterocycles. The van der Waals surface area contributed by atoms with Gasteiger partial charge >= 0.3 is 0 Å². The lowest BCUT2D eigenvalue weighted by Gasteiger charge is -2.46. The van der Waals surface area contributed by atoms with Crippen LogP contribution in [0.25, 0.3) is 16.8 Å². The molecule has 0 radical (unpaired) electrons. The van der Waals surface area contributed by atoms with Gasteiger partial charge in [0.15, 0.2) is 0 Å². The van der Waals surface area contributed by atoms with Gasteiger partial charge in [0.05, 0.1) is 0 Å². The van der Waals surface area contributed by atoms with Crippen molar-refractivity contribution in [3.63, 3.8) is 0 Å². The molecule has 1 atom stereocenters. The highest BCUT2D eigenvalue weighted by Crippen LogP contribution is 2.46. The molecule has 5 aromatic carbocycles. The van der Waals surface area contributed by atoms with Crippen molar-refractivity contribution >= 4 is 57.2 Å². The number of hydrogen-bond donors (Lipinski definition) is 1. The lowest BCUT2D eigenvalue weighted by molar-refractivity contribution is 0.771. The molecular formula is C39H32BN3. The van der Waals surface area contributed by atoms with E-state index in [-0.39, 0.29) is 6.71 Å². The molecule has 43 heavy (non-hydrogen) atoms. The molecule has 0 saturated carbocycles. The Labute approximate surface area is 253 Å². The van der Waals surface area contributed by atoms with Gasteiger partial charge in [0.2, 0.25) is 0 Å². The molecule has 3 nitrogen and oxygen atoms in total. The van der Waals surface area contributed by atoms with Crippen LogP contribution < -0.4 is 26.0 Å². The van der Waals surface area contributed by atoms with Crippen molar-refractivity contribution < 1.29 is 0 Å². The van der Waals surface area contributed by atoms with Crippen LogP contribution in [0.5, 0.6) is 0 Å². The van der Waals surface area contributed by atoms with Crippen LogP contribution in [-0.2, 0) is 0 Å². The van der Waals surface area contributed by atoms with Gasteiger partial charge in [-0.3, -0.25) is 0 Å². The fourth-order valence-electron chi connectivity index (χ4n) is 7.84. The van der Waals surface area contributed by atoms with Crippen molar-refractivity contribution in [3.8, 4) is 0 Å². The largest absolute Gasteiger partial charge is 0.314 e. The molecule has 0 bridgehead atoms. The summed E-state index contributed by atoms with van der Waals surface area (Å²) in [4.78, 5) is 5.05. The van der Waals surface area contributed by atoms with Crippen LogP contribution >= 0.6 is 0 Å². The number of fused-ring (bicyclic) bond motifs is 7. The van der Waals surface area contributed by atoms with Gasteiger partial charge in [-0.15, -0.1) is 0 Å². The normalized spacial score (nSPS) is 18.5. The average Bonchev–Trinajstić information content (AvgIpc) is 3.28. The second-order valence-electron chi connectivity index (χ2n) is 12.2. The van der Waals surface area contributed by atoms with Crippen LogP contribution in [0.3, 0.4) is 0 Å².